The van der Waals surface area contributed by atoms with Gasteiger partial charge in [0.05, 0.1) is 25.0 Å². The summed E-state index contributed by atoms with van der Waals surface area (Å²) >= 11 is 0. The fourth-order valence-corrected chi connectivity index (χ4v) is 4.15. The van der Waals surface area contributed by atoms with Crippen LogP contribution in [-0.2, 0) is 21.2 Å². The van der Waals surface area contributed by atoms with Gasteiger partial charge in [0.15, 0.2) is 0 Å². The summed E-state index contributed by atoms with van der Waals surface area (Å²) in [6.45, 7) is 4.20. The summed E-state index contributed by atoms with van der Waals surface area (Å²) in [6, 6.07) is 12.2. The van der Waals surface area contributed by atoms with E-state index in [-0.39, 0.29) is 23.0 Å². The number of fused-ring (bicyclic) bond motifs is 1. The van der Waals surface area contributed by atoms with Crippen molar-refractivity contribution in [3.63, 3.8) is 0 Å². The molecule has 0 saturated carbocycles. The van der Waals surface area contributed by atoms with E-state index in [1.807, 2.05) is 22.9 Å². The lowest BCUT2D eigenvalue weighted by atomic mass is 9.72. The van der Waals surface area contributed by atoms with E-state index in [1.54, 1.807) is 24.3 Å². The standard InChI is InChI=1S/C21H24N2O5S/c1-21(2)12-16-11-15(20(25)28-3)8-9-17(16)22-18(21)13-6-5-7-14(10-13)19(24)23-29(4,26)27/h5-11,18,22H,12H2,1-4H3,(H,23,24). The summed E-state index contributed by atoms with van der Waals surface area (Å²) in [5, 5.41) is 3.50. The molecule has 1 amide bonds. The fraction of sp³-hybridized carbons (Fsp3) is 0.333. The summed E-state index contributed by atoms with van der Waals surface area (Å²) in [7, 11) is -2.28. The normalized spacial score (nSPS) is 17.6. The van der Waals surface area contributed by atoms with Crippen molar-refractivity contribution in [3.05, 3.63) is 64.7 Å². The summed E-state index contributed by atoms with van der Waals surface area (Å²) in [5.41, 5.74) is 3.35. The van der Waals surface area contributed by atoms with Crippen molar-refractivity contribution in [1.29, 1.82) is 0 Å². The first-order valence-electron chi connectivity index (χ1n) is 9.10. The van der Waals surface area contributed by atoms with Crippen LogP contribution in [0.1, 0.15) is 51.7 Å². The third kappa shape index (κ3) is 4.59. The van der Waals surface area contributed by atoms with Gasteiger partial charge in [0.1, 0.15) is 0 Å². The highest BCUT2D eigenvalue weighted by Crippen LogP contribution is 2.45. The van der Waals surface area contributed by atoms with Crippen LogP contribution < -0.4 is 10.0 Å². The van der Waals surface area contributed by atoms with Gasteiger partial charge in [0.25, 0.3) is 5.91 Å². The van der Waals surface area contributed by atoms with Gasteiger partial charge in [-0.05, 0) is 53.3 Å². The maximum atomic E-state index is 12.2. The van der Waals surface area contributed by atoms with Crippen LogP contribution in [0.4, 0.5) is 5.69 Å². The van der Waals surface area contributed by atoms with Gasteiger partial charge >= 0.3 is 5.97 Å². The molecule has 7 nitrogen and oxygen atoms in total. The minimum atomic E-state index is -3.64. The second-order valence-corrected chi connectivity index (χ2v) is 9.68. The number of amides is 1. The van der Waals surface area contributed by atoms with Gasteiger partial charge in [0.2, 0.25) is 10.0 Å². The van der Waals surface area contributed by atoms with Crippen molar-refractivity contribution in [2.24, 2.45) is 5.41 Å². The van der Waals surface area contributed by atoms with Crippen molar-refractivity contribution in [1.82, 2.24) is 4.72 Å². The van der Waals surface area contributed by atoms with Gasteiger partial charge in [-0.3, -0.25) is 4.79 Å². The van der Waals surface area contributed by atoms with Crippen LogP contribution in [-0.4, -0.2) is 33.7 Å². The average Bonchev–Trinajstić information content (AvgIpc) is 2.64. The number of hydrogen-bond donors (Lipinski definition) is 2. The quantitative estimate of drug-likeness (QED) is 0.743. The molecular formula is C21H24N2O5S. The Morgan fingerprint density at radius 2 is 1.86 bits per heavy atom. The van der Waals surface area contributed by atoms with Gasteiger partial charge in [-0.2, -0.15) is 0 Å². The third-order valence-electron chi connectivity index (χ3n) is 5.01. The number of esters is 1. The zero-order chi connectivity index (χ0) is 21.4. The topological polar surface area (TPSA) is 102 Å². The van der Waals surface area contributed by atoms with E-state index in [2.05, 4.69) is 19.2 Å². The smallest absolute Gasteiger partial charge is 0.337 e. The van der Waals surface area contributed by atoms with E-state index in [1.165, 1.54) is 7.11 Å². The highest BCUT2D eigenvalue weighted by molar-refractivity contribution is 7.89. The van der Waals surface area contributed by atoms with Crippen molar-refractivity contribution < 1.29 is 22.7 Å². The number of ether oxygens (including phenoxy) is 1. The number of hydrogen-bond acceptors (Lipinski definition) is 6. The fourth-order valence-electron chi connectivity index (χ4n) is 3.69. The van der Waals surface area contributed by atoms with E-state index in [9.17, 15) is 18.0 Å². The maximum absolute atomic E-state index is 12.2. The van der Waals surface area contributed by atoms with E-state index in [0.717, 1.165) is 23.1 Å². The molecule has 154 valence electrons. The first kappa shape index (κ1) is 20.9. The molecule has 3 rings (SSSR count). The lowest BCUT2D eigenvalue weighted by molar-refractivity contribution is 0.0600. The first-order chi connectivity index (χ1) is 13.5. The number of benzene rings is 2. The molecule has 0 aromatic heterocycles. The van der Waals surface area contributed by atoms with Crippen LogP contribution in [0.2, 0.25) is 0 Å². The zero-order valence-corrected chi connectivity index (χ0v) is 17.6. The summed E-state index contributed by atoms with van der Waals surface area (Å²) in [4.78, 5) is 24.1. The third-order valence-corrected chi connectivity index (χ3v) is 5.57. The number of methoxy groups -OCH3 is 1. The molecule has 1 unspecified atom stereocenters. The molecule has 1 aliphatic rings. The Morgan fingerprint density at radius 1 is 1.14 bits per heavy atom. The number of rotatable bonds is 4. The van der Waals surface area contributed by atoms with Gasteiger partial charge < -0.3 is 10.1 Å². The second kappa shape index (κ2) is 7.51. The van der Waals surface area contributed by atoms with Gasteiger partial charge in [-0.1, -0.05) is 26.0 Å². The van der Waals surface area contributed by atoms with Crippen LogP contribution in [0, 0.1) is 5.41 Å². The number of sulfonamides is 1. The predicted molar refractivity (Wildman–Crippen MR) is 110 cm³/mol. The Labute approximate surface area is 170 Å². The van der Waals surface area contributed by atoms with Gasteiger partial charge in [-0.25, -0.2) is 17.9 Å². The van der Waals surface area contributed by atoms with Crippen LogP contribution in [0.25, 0.3) is 0 Å². The van der Waals surface area contributed by atoms with Crippen molar-refractivity contribution >= 4 is 27.6 Å². The van der Waals surface area contributed by atoms with E-state index in [4.69, 9.17) is 4.74 Å². The second-order valence-electron chi connectivity index (χ2n) is 7.94. The lowest BCUT2D eigenvalue weighted by Crippen LogP contribution is -2.35. The molecule has 0 bridgehead atoms. The largest absolute Gasteiger partial charge is 0.465 e. The van der Waals surface area contributed by atoms with Crippen molar-refractivity contribution in [2.75, 3.05) is 18.7 Å². The monoisotopic (exact) mass is 416 g/mol. The highest BCUT2D eigenvalue weighted by atomic mass is 32.2. The number of carbonyl (C=O) groups excluding carboxylic acids is 2. The molecular weight excluding hydrogens is 392 g/mol. The minimum Gasteiger partial charge on any atom is -0.465 e. The first-order valence-corrected chi connectivity index (χ1v) is 11.0. The van der Waals surface area contributed by atoms with E-state index in [0.29, 0.717) is 12.0 Å². The van der Waals surface area contributed by atoms with Gasteiger partial charge in [-0.15, -0.1) is 0 Å². The van der Waals surface area contributed by atoms with E-state index >= 15 is 0 Å². The molecule has 2 aromatic rings. The molecule has 2 N–H and O–H groups in total. The van der Waals surface area contributed by atoms with Crippen LogP contribution in [0.5, 0.6) is 0 Å². The Kier molecular flexibility index (Phi) is 5.40. The SMILES string of the molecule is COC(=O)c1ccc2c(c1)CC(C)(C)C(c1cccc(C(=O)NS(C)(=O)=O)c1)N2. The van der Waals surface area contributed by atoms with Crippen LogP contribution in [0.15, 0.2) is 42.5 Å². The minimum absolute atomic E-state index is 0.107. The Balaban J connectivity index is 1.93. The molecule has 2 aromatic carbocycles. The lowest BCUT2D eigenvalue weighted by Gasteiger charge is -2.41. The Hall–Kier alpha value is -2.87. The maximum Gasteiger partial charge on any atom is 0.337 e. The van der Waals surface area contributed by atoms with Crippen LogP contribution >= 0.6 is 0 Å². The van der Waals surface area contributed by atoms with Gasteiger partial charge in [0, 0.05) is 11.3 Å². The predicted octanol–water partition coefficient (Wildman–Crippen LogP) is 2.90. The summed E-state index contributed by atoms with van der Waals surface area (Å²) < 4.78 is 29.5. The summed E-state index contributed by atoms with van der Waals surface area (Å²) in [5.74, 6) is -1.04. The molecule has 0 fully saturated rings. The Bertz CT molecular complexity index is 1080. The molecule has 1 atom stereocenters. The zero-order valence-electron chi connectivity index (χ0n) is 16.8. The van der Waals surface area contributed by atoms with E-state index < -0.39 is 15.9 Å². The molecule has 1 aliphatic heterocycles. The molecule has 0 aliphatic carbocycles. The van der Waals surface area contributed by atoms with Crippen molar-refractivity contribution in [2.45, 2.75) is 26.3 Å². The Morgan fingerprint density at radius 3 is 2.52 bits per heavy atom. The average molecular weight is 416 g/mol. The molecule has 0 radical (unpaired) electrons. The van der Waals surface area contributed by atoms with Crippen LogP contribution in [0.3, 0.4) is 0 Å². The number of nitrogens with one attached hydrogen (secondary N) is 2. The molecule has 1 heterocycles. The molecule has 0 saturated heterocycles. The van der Waals surface area contributed by atoms with Crippen molar-refractivity contribution in [3.8, 4) is 0 Å². The summed E-state index contributed by atoms with van der Waals surface area (Å²) in [6.07, 6.45) is 1.66. The number of anilines is 1. The highest BCUT2D eigenvalue weighted by Gasteiger charge is 2.36. The number of carbonyl (C=O) groups is 2. The molecule has 0 spiro atoms. The molecule has 8 heteroatoms. The molecule has 29 heavy (non-hydrogen) atoms.